The lowest BCUT2D eigenvalue weighted by Gasteiger charge is -2.34. The van der Waals surface area contributed by atoms with E-state index in [0.717, 1.165) is 5.56 Å². The number of aliphatic carboxylic acids is 1. The first-order chi connectivity index (χ1) is 10.8. The Bertz CT molecular complexity index is 552. The monoisotopic (exact) mass is 325 g/mol. The van der Waals surface area contributed by atoms with Crippen LogP contribution < -0.4 is 0 Å². The molecule has 0 heterocycles. The van der Waals surface area contributed by atoms with Gasteiger partial charge in [-0.25, -0.2) is 13.6 Å². The van der Waals surface area contributed by atoms with Crippen molar-refractivity contribution in [1.29, 1.82) is 0 Å². The third kappa shape index (κ3) is 4.50. The number of carboxylic acids is 1. The minimum absolute atomic E-state index is 0.101. The summed E-state index contributed by atoms with van der Waals surface area (Å²) in [6, 6.07) is 8.08. The van der Waals surface area contributed by atoms with Crippen LogP contribution in [0.4, 0.5) is 8.78 Å². The number of hydrogen-bond donors (Lipinski definition) is 1. The molecular weight excluding hydrogens is 304 g/mol. The smallest absolute Gasteiger partial charge is 0.326 e. The molecular formula is C17H21F2NO3. The SMILES string of the molecule is C[C@H](C(=O)O)N(Cc1ccccc1)C(=O)C1CCC(F)(F)CC1. The van der Waals surface area contributed by atoms with Gasteiger partial charge in [0.1, 0.15) is 6.04 Å². The number of carboxylic acid groups (broad SMARTS) is 1. The first-order valence-corrected chi connectivity index (χ1v) is 7.75. The van der Waals surface area contributed by atoms with Gasteiger partial charge in [-0.05, 0) is 25.3 Å². The number of amides is 1. The fourth-order valence-electron chi connectivity index (χ4n) is 2.84. The molecule has 23 heavy (non-hydrogen) atoms. The predicted octanol–water partition coefficient (Wildman–Crippen LogP) is 3.31. The van der Waals surface area contributed by atoms with Crippen LogP contribution >= 0.6 is 0 Å². The molecule has 1 aliphatic carbocycles. The van der Waals surface area contributed by atoms with Gasteiger partial charge >= 0.3 is 5.97 Å². The topological polar surface area (TPSA) is 57.6 Å². The van der Waals surface area contributed by atoms with E-state index < -0.39 is 23.9 Å². The molecule has 0 unspecified atom stereocenters. The maximum absolute atomic E-state index is 13.3. The highest BCUT2D eigenvalue weighted by Crippen LogP contribution is 2.37. The maximum atomic E-state index is 13.3. The van der Waals surface area contributed by atoms with Crippen LogP contribution in [0.5, 0.6) is 0 Å². The molecule has 0 aliphatic heterocycles. The molecule has 1 atom stereocenters. The summed E-state index contributed by atoms with van der Waals surface area (Å²) in [4.78, 5) is 25.3. The second-order valence-electron chi connectivity index (χ2n) is 6.10. The highest BCUT2D eigenvalue weighted by atomic mass is 19.3. The molecule has 1 aromatic carbocycles. The average Bonchev–Trinajstić information content (AvgIpc) is 2.52. The van der Waals surface area contributed by atoms with E-state index in [0.29, 0.717) is 0 Å². The third-order valence-electron chi connectivity index (χ3n) is 4.37. The van der Waals surface area contributed by atoms with Crippen molar-refractivity contribution in [3.63, 3.8) is 0 Å². The van der Waals surface area contributed by atoms with Gasteiger partial charge in [-0.3, -0.25) is 4.79 Å². The number of nitrogens with zero attached hydrogens (tertiary/aromatic N) is 1. The van der Waals surface area contributed by atoms with Gasteiger partial charge in [0.15, 0.2) is 0 Å². The lowest BCUT2D eigenvalue weighted by Crippen LogP contribution is -2.46. The molecule has 0 radical (unpaired) electrons. The Morgan fingerprint density at radius 1 is 1.26 bits per heavy atom. The molecule has 2 rings (SSSR count). The van der Waals surface area contributed by atoms with Crippen molar-refractivity contribution in [3.05, 3.63) is 35.9 Å². The minimum atomic E-state index is -2.71. The normalized spacial score (nSPS) is 19.1. The molecule has 6 heteroatoms. The van der Waals surface area contributed by atoms with Crippen molar-refractivity contribution < 1.29 is 23.5 Å². The van der Waals surface area contributed by atoms with E-state index in [1.54, 1.807) is 0 Å². The van der Waals surface area contributed by atoms with E-state index in [-0.39, 0.29) is 38.1 Å². The zero-order chi connectivity index (χ0) is 17.0. The molecule has 1 fully saturated rings. The summed E-state index contributed by atoms with van der Waals surface area (Å²) in [6.07, 6.45) is -0.430. The van der Waals surface area contributed by atoms with E-state index in [1.807, 2.05) is 30.3 Å². The number of alkyl halides is 2. The average molecular weight is 325 g/mol. The Morgan fingerprint density at radius 3 is 2.35 bits per heavy atom. The molecule has 4 nitrogen and oxygen atoms in total. The Kier molecular flexibility index (Phi) is 5.34. The Labute approximate surface area is 134 Å². The zero-order valence-electron chi connectivity index (χ0n) is 13.0. The minimum Gasteiger partial charge on any atom is -0.480 e. The van der Waals surface area contributed by atoms with Crippen molar-refractivity contribution in [2.24, 2.45) is 5.92 Å². The summed E-state index contributed by atoms with van der Waals surface area (Å²) in [7, 11) is 0. The fourth-order valence-corrected chi connectivity index (χ4v) is 2.84. The Hall–Kier alpha value is -1.98. The van der Waals surface area contributed by atoms with Gasteiger partial charge in [0.05, 0.1) is 0 Å². The Balaban J connectivity index is 2.13. The summed E-state index contributed by atoms with van der Waals surface area (Å²) >= 11 is 0. The van der Waals surface area contributed by atoms with Gasteiger partial charge in [-0.15, -0.1) is 0 Å². The van der Waals surface area contributed by atoms with E-state index in [2.05, 4.69) is 0 Å². The van der Waals surface area contributed by atoms with Crippen LogP contribution in [0.2, 0.25) is 0 Å². The fraction of sp³-hybridized carbons (Fsp3) is 0.529. The molecule has 1 saturated carbocycles. The van der Waals surface area contributed by atoms with Crippen LogP contribution in [-0.2, 0) is 16.1 Å². The van der Waals surface area contributed by atoms with Crippen molar-refractivity contribution in [2.75, 3.05) is 0 Å². The number of rotatable bonds is 5. The van der Waals surface area contributed by atoms with Crippen LogP contribution in [-0.4, -0.2) is 33.8 Å². The number of benzene rings is 1. The summed E-state index contributed by atoms with van der Waals surface area (Å²) in [5, 5.41) is 9.25. The quantitative estimate of drug-likeness (QED) is 0.903. The standard InChI is InChI=1S/C17H21F2NO3/c1-12(16(22)23)20(11-13-5-3-2-4-6-13)15(21)14-7-9-17(18,19)10-8-14/h2-6,12,14H,7-11H2,1H3,(H,22,23)/t12-/m1/s1. The molecule has 1 aliphatic rings. The summed E-state index contributed by atoms with van der Waals surface area (Å²) in [5.74, 6) is -4.69. The molecule has 0 bridgehead atoms. The summed E-state index contributed by atoms with van der Waals surface area (Å²) in [5.41, 5.74) is 0.815. The van der Waals surface area contributed by atoms with E-state index in [1.165, 1.54) is 11.8 Å². The maximum Gasteiger partial charge on any atom is 0.326 e. The number of carbonyl (C=O) groups is 2. The first kappa shape index (κ1) is 17.4. The van der Waals surface area contributed by atoms with Gasteiger partial charge in [-0.1, -0.05) is 30.3 Å². The van der Waals surface area contributed by atoms with Crippen LogP contribution in [0.15, 0.2) is 30.3 Å². The van der Waals surface area contributed by atoms with Crippen LogP contribution in [0, 0.1) is 5.92 Å². The zero-order valence-corrected chi connectivity index (χ0v) is 13.0. The second-order valence-corrected chi connectivity index (χ2v) is 6.10. The predicted molar refractivity (Wildman–Crippen MR) is 81.0 cm³/mol. The van der Waals surface area contributed by atoms with Crippen LogP contribution in [0.1, 0.15) is 38.2 Å². The third-order valence-corrected chi connectivity index (χ3v) is 4.37. The highest BCUT2D eigenvalue weighted by Gasteiger charge is 2.40. The number of carbonyl (C=O) groups excluding carboxylic acids is 1. The lowest BCUT2D eigenvalue weighted by atomic mass is 9.85. The van der Waals surface area contributed by atoms with Crippen molar-refractivity contribution in [2.45, 2.75) is 51.1 Å². The van der Waals surface area contributed by atoms with E-state index >= 15 is 0 Å². The van der Waals surface area contributed by atoms with Crippen molar-refractivity contribution >= 4 is 11.9 Å². The van der Waals surface area contributed by atoms with Gasteiger partial charge < -0.3 is 10.0 Å². The number of halogens is 2. The van der Waals surface area contributed by atoms with Gasteiger partial charge in [0.2, 0.25) is 11.8 Å². The molecule has 1 aromatic rings. The summed E-state index contributed by atoms with van der Waals surface area (Å²) < 4.78 is 26.5. The van der Waals surface area contributed by atoms with E-state index in [9.17, 15) is 23.5 Å². The molecule has 0 aromatic heterocycles. The summed E-state index contributed by atoms with van der Waals surface area (Å²) in [6.45, 7) is 1.61. The van der Waals surface area contributed by atoms with Crippen LogP contribution in [0.25, 0.3) is 0 Å². The molecule has 1 amide bonds. The Morgan fingerprint density at radius 2 is 1.83 bits per heavy atom. The second kappa shape index (κ2) is 7.06. The van der Waals surface area contributed by atoms with E-state index in [4.69, 9.17) is 0 Å². The highest BCUT2D eigenvalue weighted by molar-refractivity contribution is 5.85. The molecule has 126 valence electrons. The van der Waals surface area contributed by atoms with Gasteiger partial charge in [0, 0.05) is 25.3 Å². The first-order valence-electron chi connectivity index (χ1n) is 7.75. The molecule has 1 N–H and O–H groups in total. The van der Waals surface area contributed by atoms with Gasteiger partial charge in [0.25, 0.3) is 0 Å². The molecule has 0 saturated heterocycles. The number of hydrogen-bond acceptors (Lipinski definition) is 2. The van der Waals surface area contributed by atoms with Gasteiger partial charge in [-0.2, -0.15) is 0 Å². The van der Waals surface area contributed by atoms with Crippen molar-refractivity contribution in [1.82, 2.24) is 4.90 Å². The largest absolute Gasteiger partial charge is 0.480 e. The molecule has 0 spiro atoms. The van der Waals surface area contributed by atoms with Crippen LogP contribution in [0.3, 0.4) is 0 Å². The lowest BCUT2D eigenvalue weighted by molar-refractivity contribution is -0.154. The van der Waals surface area contributed by atoms with Crippen molar-refractivity contribution in [3.8, 4) is 0 Å².